The molecular formula is C21H22N4O6S2. The number of carbonyl (C=O) groups excluding carboxylic acids is 1. The fourth-order valence-corrected chi connectivity index (χ4v) is 5.50. The highest BCUT2D eigenvalue weighted by atomic mass is 32.2. The minimum Gasteiger partial charge on any atom is -0.379 e. The largest absolute Gasteiger partial charge is 0.379 e. The van der Waals surface area contributed by atoms with Crippen molar-refractivity contribution in [3.05, 3.63) is 58.1 Å². The van der Waals surface area contributed by atoms with Crippen LogP contribution in [-0.4, -0.2) is 74.8 Å². The normalized spacial score (nSPS) is 14.9. The van der Waals surface area contributed by atoms with Crippen molar-refractivity contribution in [1.29, 1.82) is 0 Å². The van der Waals surface area contributed by atoms with Gasteiger partial charge in [0.25, 0.3) is 11.6 Å². The third-order valence-electron chi connectivity index (χ3n) is 5.29. The lowest BCUT2D eigenvalue weighted by atomic mass is 10.2. The molecule has 2 aromatic carbocycles. The molecule has 1 aliphatic rings. The number of hydrogen-bond acceptors (Lipinski definition) is 9. The van der Waals surface area contributed by atoms with Gasteiger partial charge >= 0.3 is 0 Å². The molecule has 10 nitrogen and oxygen atoms in total. The van der Waals surface area contributed by atoms with Crippen LogP contribution in [0.25, 0.3) is 10.2 Å². The highest BCUT2D eigenvalue weighted by Crippen LogP contribution is 2.33. The van der Waals surface area contributed by atoms with Gasteiger partial charge in [0.1, 0.15) is 5.52 Å². The Hall–Kier alpha value is -2.93. The summed E-state index contributed by atoms with van der Waals surface area (Å²) < 4.78 is 30.4. The van der Waals surface area contributed by atoms with Gasteiger partial charge < -0.3 is 4.74 Å². The molecule has 0 atom stereocenters. The number of benzene rings is 2. The molecule has 0 unspecified atom stereocenters. The average Bonchev–Trinajstić information content (AvgIpc) is 3.23. The number of morpholine rings is 1. The lowest BCUT2D eigenvalue weighted by molar-refractivity contribution is -0.384. The number of rotatable bonds is 7. The van der Waals surface area contributed by atoms with Crippen molar-refractivity contribution in [2.24, 2.45) is 0 Å². The molecule has 1 amide bonds. The van der Waals surface area contributed by atoms with Crippen LogP contribution in [0.4, 0.5) is 10.8 Å². The summed E-state index contributed by atoms with van der Waals surface area (Å²) in [7, 11) is -3.52. The SMILES string of the molecule is CS(=O)(=O)c1cccc2sc(N(CCN3CCOCC3)C(=O)c3cccc([N+](=O)[O-])c3)nc12. The van der Waals surface area contributed by atoms with Crippen LogP contribution in [0.15, 0.2) is 47.4 Å². The standard InChI is InChI=1S/C21H22N4O6S2/c1-33(29,30)18-7-3-6-17-19(18)22-21(32-17)24(9-8-23-10-12-31-13-11-23)20(26)15-4-2-5-16(14-15)25(27)28/h2-7,14H,8-13H2,1H3. The van der Waals surface area contributed by atoms with Crippen LogP contribution in [0, 0.1) is 10.1 Å². The summed E-state index contributed by atoms with van der Waals surface area (Å²) in [5, 5.41) is 11.5. The molecule has 0 spiro atoms. The van der Waals surface area contributed by atoms with Gasteiger partial charge in [0.05, 0.1) is 27.7 Å². The first-order chi connectivity index (χ1) is 15.7. The highest BCUT2D eigenvalue weighted by Gasteiger charge is 2.25. The van der Waals surface area contributed by atoms with Crippen molar-refractivity contribution in [2.45, 2.75) is 4.90 Å². The summed E-state index contributed by atoms with van der Waals surface area (Å²) in [6.45, 7) is 3.53. The van der Waals surface area contributed by atoms with Gasteiger partial charge in [0.15, 0.2) is 15.0 Å². The first-order valence-electron chi connectivity index (χ1n) is 10.2. The highest BCUT2D eigenvalue weighted by molar-refractivity contribution is 7.91. The maximum atomic E-state index is 13.5. The van der Waals surface area contributed by atoms with Crippen LogP contribution in [-0.2, 0) is 14.6 Å². The Bertz CT molecular complexity index is 1300. The van der Waals surface area contributed by atoms with Crippen molar-refractivity contribution >= 4 is 48.1 Å². The van der Waals surface area contributed by atoms with Crippen molar-refractivity contribution in [1.82, 2.24) is 9.88 Å². The van der Waals surface area contributed by atoms with E-state index in [4.69, 9.17) is 4.74 Å². The third-order valence-corrected chi connectivity index (χ3v) is 7.47. The van der Waals surface area contributed by atoms with Crippen molar-refractivity contribution in [3.8, 4) is 0 Å². The summed E-state index contributed by atoms with van der Waals surface area (Å²) in [6.07, 6.45) is 1.12. The molecule has 0 radical (unpaired) electrons. The van der Waals surface area contributed by atoms with E-state index in [2.05, 4.69) is 9.88 Å². The van der Waals surface area contributed by atoms with Crippen LogP contribution < -0.4 is 4.90 Å². The quantitative estimate of drug-likeness (QED) is 0.366. The summed E-state index contributed by atoms with van der Waals surface area (Å²) >= 11 is 1.21. The van der Waals surface area contributed by atoms with Crippen LogP contribution in [0.1, 0.15) is 10.4 Å². The molecular weight excluding hydrogens is 468 g/mol. The summed E-state index contributed by atoms with van der Waals surface area (Å²) in [6, 6.07) is 10.4. The molecule has 1 aliphatic heterocycles. The summed E-state index contributed by atoms with van der Waals surface area (Å²) in [5.74, 6) is -0.438. The van der Waals surface area contributed by atoms with Gasteiger partial charge in [-0.3, -0.25) is 24.7 Å². The molecule has 1 aromatic heterocycles. The smallest absolute Gasteiger partial charge is 0.270 e. The molecule has 3 aromatic rings. The molecule has 1 saturated heterocycles. The van der Waals surface area contributed by atoms with E-state index in [1.54, 1.807) is 12.1 Å². The maximum absolute atomic E-state index is 13.5. The van der Waals surface area contributed by atoms with Gasteiger partial charge in [-0.25, -0.2) is 13.4 Å². The van der Waals surface area contributed by atoms with Crippen LogP contribution in [0.2, 0.25) is 0 Å². The Kier molecular flexibility index (Phi) is 6.70. The Balaban J connectivity index is 1.73. The van der Waals surface area contributed by atoms with E-state index in [0.717, 1.165) is 19.3 Å². The number of fused-ring (bicyclic) bond motifs is 1. The number of thiazole rings is 1. The Morgan fingerprint density at radius 3 is 2.67 bits per heavy atom. The molecule has 33 heavy (non-hydrogen) atoms. The molecule has 12 heteroatoms. The molecule has 0 N–H and O–H groups in total. The Morgan fingerprint density at radius 1 is 1.24 bits per heavy atom. The number of non-ortho nitro benzene ring substituents is 1. The number of sulfone groups is 1. The van der Waals surface area contributed by atoms with Crippen LogP contribution in [0.5, 0.6) is 0 Å². The van der Waals surface area contributed by atoms with Gasteiger partial charge in [-0.1, -0.05) is 23.5 Å². The zero-order chi connectivity index (χ0) is 23.6. The number of para-hydroxylation sites is 1. The molecule has 4 rings (SSSR count). The summed E-state index contributed by atoms with van der Waals surface area (Å²) in [4.78, 5) is 32.3. The third kappa shape index (κ3) is 5.19. The first-order valence-corrected chi connectivity index (χ1v) is 12.9. The molecule has 174 valence electrons. The van der Waals surface area contributed by atoms with Gasteiger partial charge in [0.2, 0.25) is 0 Å². The summed E-state index contributed by atoms with van der Waals surface area (Å²) in [5.41, 5.74) is 0.287. The predicted molar refractivity (Wildman–Crippen MR) is 125 cm³/mol. The van der Waals surface area contributed by atoms with Crippen molar-refractivity contribution < 1.29 is 22.9 Å². The minimum absolute atomic E-state index is 0.0958. The number of ether oxygens (including phenoxy) is 1. The van der Waals surface area contributed by atoms with E-state index in [-0.39, 0.29) is 22.7 Å². The van der Waals surface area contributed by atoms with E-state index in [1.165, 1.54) is 46.6 Å². The number of anilines is 1. The minimum atomic E-state index is -3.52. The van der Waals surface area contributed by atoms with E-state index < -0.39 is 20.7 Å². The molecule has 2 heterocycles. The average molecular weight is 491 g/mol. The lowest BCUT2D eigenvalue weighted by Crippen LogP contribution is -2.43. The topological polar surface area (TPSA) is 123 Å². The number of hydrogen-bond donors (Lipinski definition) is 0. The molecule has 0 saturated carbocycles. The van der Waals surface area contributed by atoms with Crippen LogP contribution in [0.3, 0.4) is 0 Å². The van der Waals surface area contributed by atoms with E-state index >= 15 is 0 Å². The first kappa shape index (κ1) is 23.2. The second kappa shape index (κ2) is 9.51. The van der Waals surface area contributed by atoms with Gasteiger partial charge in [-0.05, 0) is 18.2 Å². The Morgan fingerprint density at radius 2 is 1.97 bits per heavy atom. The maximum Gasteiger partial charge on any atom is 0.270 e. The van der Waals surface area contributed by atoms with Gasteiger partial charge in [0, 0.05) is 50.1 Å². The van der Waals surface area contributed by atoms with Gasteiger partial charge in [-0.2, -0.15) is 0 Å². The number of nitrogens with zero attached hydrogens (tertiary/aromatic N) is 4. The number of carbonyl (C=O) groups is 1. The van der Waals surface area contributed by atoms with E-state index in [0.29, 0.717) is 35.1 Å². The van der Waals surface area contributed by atoms with Gasteiger partial charge in [-0.15, -0.1) is 0 Å². The second-order valence-corrected chi connectivity index (χ2v) is 10.6. The fourth-order valence-electron chi connectivity index (χ4n) is 3.58. The monoisotopic (exact) mass is 490 g/mol. The van der Waals surface area contributed by atoms with E-state index in [1.807, 2.05) is 0 Å². The fraction of sp³-hybridized carbons (Fsp3) is 0.333. The lowest BCUT2D eigenvalue weighted by Gasteiger charge is -2.29. The predicted octanol–water partition coefficient (Wildman–Crippen LogP) is 2.59. The molecule has 0 bridgehead atoms. The van der Waals surface area contributed by atoms with Crippen LogP contribution >= 0.6 is 11.3 Å². The van der Waals surface area contributed by atoms with Crippen molar-refractivity contribution in [2.75, 3.05) is 50.5 Å². The Labute approximate surface area is 194 Å². The van der Waals surface area contributed by atoms with E-state index in [9.17, 15) is 23.3 Å². The molecule has 0 aliphatic carbocycles. The molecule has 1 fully saturated rings. The number of aromatic nitrogens is 1. The number of nitro groups is 1. The number of nitro benzene ring substituents is 1. The second-order valence-electron chi connectivity index (χ2n) is 7.59. The zero-order valence-corrected chi connectivity index (χ0v) is 19.5. The zero-order valence-electron chi connectivity index (χ0n) is 17.8. The van der Waals surface area contributed by atoms with Crippen molar-refractivity contribution in [3.63, 3.8) is 0 Å². The number of amides is 1.